The van der Waals surface area contributed by atoms with Gasteiger partial charge in [-0.15, -0.1) is 0 Å². The van der Waals surface area contributed by atoms with Crippen molar-refractivity contribution in [1.29, 1.82) is 0 Å². The van der Waals surface area contributed by atoms with Crippen molar-refractivity contribution in [3.63, 3.8) is 0 Å². The number of esters is 3. The molecule has 6 nitrogen and oxygen atoms in total. The van der Waals surface area contributed by atoms with E-state index >= 15 is 0 Å². The van der Waals surface area contributed by atoms with Crippen LogP contribution in [0.3, 0.4) is 0 Å². The lowest BCUT2D eigenvalue weighted by Gasteiger charge is -2.18. The molecule has 0 fully saturated rings. The van der Waals surface area contributed by atoms with E-state index in [0.29, 0.717) is 19.3 Å². The molecule has 0 bridgehead atoms. The highest BCUT2D eigenvalue weighted by Crippen LogP contribution is 2.18. The van der Waals surface area contributed by atoms with E-state index in [-0.39, 0.29) is 31.1 Å². The Labute approximate surface area is 387 Å². The number of hydrogen-bond acceptors (Lipinski definition) is 6. The monoisotopic (exact) mass is 877 g/mol. The molecule has 0 aliphatic heterocycles. The number of carbonyl (C=O) groups is 3. The zero-order valence-corrected chi connectivity index (χ0v) is 42.7. The van der Waals surface area contributed by atoms with Gasteiger partial charge in [0.05, 0.1) is 0 Å². The first kappa shape index (κ1) is 60.4. The van der Waals surface area contributed by atoms with E-state index in [1.807, 2.05) is 0 Å². The molecule has 0 aliphatic rings. The molecule has 0 saturated carbocycles. The van der Waals surface area contributed by atoms with Gasteiger partial charge in [-0.2, -0.15) is 0 Å². The van der Waals surface area contributed by atoms with Gasteiger partial charge in [-0.05, 0) is 37.0 Å². The summed E-state index contributed by atoms with van der Waals surface area (Å²) in [4.78, 5) is 38.0. The van der Waals surface area contributed by atoms with Gasteiger partial charge in [0, 0.05) is 19.3 Å². The van der Waals surface area contributed by atoms with Crippen LogP contribution < -0.4 is 0 Å². The molecular weight excluding hydrogens is 769 g/mol. The summed E-state index contributed by atoms with van der Waals surface area (Å²) >= 11 is 0. The summed E-state index contributed by atoms with van der Waals surface area (Å²) in [6.07, 6.45) is 48.3. The Kier molecular flexibility index (Phi) is 46.2. The maximum Gasteiger partial charge on any atom is 0.306 e. The largest absolute Gasteiger partial charge is 0.462 e. The van der Waals surface area contributed by atoms with Gasteiger partial charge in [0.2, 0.25) is 0 Å². The average Bonchev–Trinajstić information content (AvgIpc) is 3.23. The van der Waals surface area contributed by atoms with Gasteiger partial charge < -0.3 is 14.2 Å². The van der Waals surface area contributed by atoms with Crippen LogP contribution in [0.2, 0.25) is 0 Å². The Hall–Kier alpha value is -1.59. The Morgan fingerprint density at radius 3 is 0.694 bits per heavy atom. The molecule has 0 rings (SSSR count). The van der Waals surface area contributed by atoms with Crippen molar-refractivity contribution in [3.8, 4) is 0 Å². The third-order valence-electron chi connectivity index (χ3n) is 12.6. The first-order chi connectivity index (χ1) is 30.1. The van der Waals surface area contributed by atoms with Gasteiger partial charge >= 0.3 is 17.9 Å². The first-order valence-electron chi connectivity index (χ1n) is 27.6. The normalized spacial score (nSPS) is 12.1. The summed E-state index contributed by atoms with van der Waals surface area (Å²) in [6.45, 7) is 13.7. The van der Waals surface area contributed by atoms with Gasteiger partial charge in [-0.1, -0.05) is 266 Å². The fourth-order valence-electron chi connectivity index (χ4n) is 8.47. The topological polar surface area (TPSA) is 78.9 Å². The van der Waals surface area contributed by atoms with E-state index in [0.717, 1.165) is 75.5 Å². The molecule has 62 heavy (non-hydrogen) atoms. The first-order valence-corrected chi connectivity index (χ1v) is 27.6. The summed E-state index contributed by atoms with van der Waals surface area (Å²) in [5.74, 6) is 1.59. The number of unbranched alkanes of at least 4 members (excludes halogenated alkanes) is 32. The van der Waals surface area contributed by atoms with Crippen molar-refractivity contribution in [2.75, 3.05) is 13.2 Å². The van der Waals surface area contributed by atoms with E-state index in [9.17, 15) is 14.4 Å². The number of rotatable bonds is 49. The highest BCUT2D eigenvalue weighted by atomic mass is 16.6. The predicted molar refractivity (Wildman–Crippen MR) is 266 cm³/mol. The van der Waals surface area contributed by atoms with Crippen LogP contribution in [0.4, 0.5) is 0 Å². The highest BCUT2D eigenvalue weighted by Gasteiger charge is 2.19. The second kappa shape index (κ2) is 47.4. The molecule has 0 saturated heterocycles. The van der Waals surface area contributed by atoms with E-state index in [4.69, 9.17) is 14.2 Å². The van der Waals surface area contributed by atoms with Gasteiger partial charge in [-0.25, -0.2) is 0 Å². The summed E-state index contributed by atoms with van der Waals surface area (Å²) in [5, 5.41) is 0. The lowest BCUT2D eigenvalue weighted by atomic mass is 10.0. The summed E-state index contributed by atoms with van der Waals surface area (Å²) < 4.78 is 16.8. The molecule has 0 aliphatic carbocycles. The van der Waals surface area contributed by atoms with Crippen molar-refractivity contribution >= 4 is 17.9 Å². The van der Waals surface area contributed by atoms with Crippen LogP contribution in [0.5, 0.6) is 0 Å². The van der Waals surface area contributed by atoms with E-state index in [1.165, 1.54) is 186 Å². The molecule has 0 spiro atoms. The fraction of sp³-hybridized carbons (Fsp3) is 0.946. The van der Waals surface area contributed by atoms with Crippen LogP contribution in [-0.4, -0.2) is 37.2 Å². The lowest BCUT2D eigenvalue weighted by molar-refractivity contribution is -0.167. The zero-order valence-electron chi connectivity index (χ0n) is 42.7. The minimum atomic E-state index is -0.763. The molecule has 0 amide bonds. The quantitative estimate of drug-likeness (QED) is 0.0344. The van der Waals surface area contributed by atoms with Crippen molar-refractivity contribution in [2.45, 2.75) is 311 Å². The van der Waals surface area contributed by atoms with Crippen LogP contribution >= 0.6 is 0 Å². The zero-order chi connectivity index (χ0) is 45.6. The molecule has 1 atom stereocenters. The minimum absolute atomic E-state index is 0.0650. The molecule has 0 aromatic heterocycles. The number of carbonyl (C=O) groups excluding carboxylic acids is 3. The Balaban J connectivity index is 4.21. The summed E-state index contributed by atoms with van der Waals surface area (Å²) in [7, 11) is 0. The van der Waals surface area contributed by atoms with Crippen LogP contribution in [-0.2, 0) is 28.6 Å². The number of hydrogen-bond donors (Lipinski definition) is 0. The fourth-order valence-corrected chi connectivity index (χ4v) is 8.47. The van der Waals surface area contributed by atoms with Gasteiger partial charge in [0.25, 0.3) is 0 Å². The minimum Gasteiger partial charge on any atom is -0.462 e. The van der Waals surface area contributed by atoms with Crippen LogP contribution in [0.1, 0.15) is 305 Å². The molecule has 0 N–H and O–H groups in total. The van der Waals surface area contributed by atoms with Crippen LogP contribution in [0.15, 0.2) is 0 Å². The third kappa shape index (κ3) is 49.4. The predicted octanol–water partition coefficient (Wildman–Crippen LogP) is 17.9. The highest BCUT2D eigenvalue weighted by molar-refractivity contribution is 5.71. The molecule has 0 radical (unpaired) electrons. The van der Waals surface area contributed by atoms with Gasteiger partial charge in [0.15, 0.2) is 6.10 Å². The third-order valence-corrected chi connectivity index (χ3v) is 12.6. The molecule has 0 aromatic rings. The standard InChI is InChI=1S/C56H108O6/c1-50(2)42-36-30-24-20-16-13-11-9-7-8-10-12-14-18-23-27-35-41-47-56(59)62-53(49-61-55(58)46-40-34-29-28-32-38-44-52(5)6)48-60-54(57)45-39-33-26-22-19-15-17-21-25-31-37-43-51(3)4/h50-53H,7-49H2,1-6H3/t53-/m1/s1. The van der Waals surface area contributed by atoms with Crippen molar-refractivity contribution in [3.05, 3.63) is 0 Å². The van der Waals surface area contributed by atoms with Gasteiger partial charge in [-0.3, -0.25) is 14.4 Å². The summed E-state index contributed by atoms with van der Waals surface area (Å²) in [5.41, 5.74) is 0. The second-order valence-electron chi connectivity index (χ2n) is 20.6. The number of ether oxygens (including phenoxy) is 3. The molecule has 368 valence electrons. The van der Waals surface area contributed by atoms with Crippen molar-refractivity contribution in [2.24, 2.45) is 17.8 Å². The Bertz CT molecular complexity index is 960. The molecule has 0 aromatic carbocycles. The molecular formula is C56H108O6. The summed E-state index contributed by atoms with van der Waals surface area (Å²) in [6, 6.07) is 0. The molecule has 6 heteroatoms. The van der Waals surface area contributed by atoms with Crippen molar-refractivity contribution < 1.29 is 28.6 Å². The Morgan fingerprint density at radius 1 is 0.274 bits per heavy atom. The van der Waals surface area contributed by atoms with E-state index in [1.54, 1.807) is 0 Å². The lowest BCUT2D eigenvalue weighted by Crippen LogP contribution is -2.30. The Morgan fingerprint density at radius 2 is 0.468 bits per heavy atom. The SMILES string of the molecule is CC(C)CCCCCCCCCCCCCCCCCCCCC(=O)O[C@H](COC(=O)CCCCCCCCCCCCCC(C)C)COC(=O)CCCCCCCCC(C)C. The van der Waals surface area contributed by atoms with Crippen LogP contribution in [0.25, 0.3) is 0 Å². The average molecular weight is 877 g/mol. The van der Waals surface area contributed by atoms with Gasteiger partial charge in [0.1, 0.15) is 13.2 Å². The van der Waals surface area contributed by atoms with E-state index in [2.05, 4.69) is 41.5 Å². The second-order valence-corrected chi connectivity index (χ2v) is 20.6. The maximum absolute atomic E-state index is 12.8. The maximum atomic E-state index is 12.8. The van der Waals surface area contributed by atoms with E-state index < -0.39 is 6.10 Å². The van der Waals surface area contributed by atoms with Crippen molar-refractivity contribution in [1.82, 2.24) is 0 Å². The molecule has 0 heterocycles. The molecule has 0 unspecified atom stereocenters. The smallest absolute Gasteiger partial charge is 0.306 e. The van der Waals surface area contributed by atoms with Crippen LogP contribution in [0, 0.1) is 17.8 Å².